The molecule has 1 aliphatic heterocycles. The van der Waals surface area contributed by atoms with Crippen LogP contribution in [0.4, 0.5) is 0 Å². The van der Waals surface area contributed by atoms with Gasteiger partial charge in [0.2, 0.25) is 0 Å². The molecular weight excluding hydrogens is 292 g/mol. The van der Waals surface area contributed by atoms with E-state index in [2.05, 4.69) is 36.4 Å². The number of piperidine rings is 1. The van der Waals surface area contributed by atoms with E-state index in [0.717, 1.165) is 38.9 Å². The van der Waals surface area contributed by atoms with Crippen molar-refractivity contribution in [3.63, 3.8) is 0 Å². The quantitative estimate of drug-likeness (QED) is 0.475. The van der Waals surface area contributed by atoms with Crippen molar-refractivity contribution in [1.29, 1.82) is 0 Å². The van der Waals surface area contributed by atoms with Crippen LogP contribution in [0.15, 0.2) is 24.3 Å². The maximum atomic E-state index is 11.5. The summed E-state index contributed by atoms with van der Waals surface area (Å²) in [5.74, 6) is 0.269. The van der Waals surface area contributed by atoms with Gasteiger partial charge in [-0.2, -0.15) is 0 Å². The van der Waals surface area contributed by atoms with E-state index in [9.17, 15) is 4.79 Å². The molecule has 5 nitrogen and oxygen atoms in total. The van der Waals surface area contributed by atoms with Crippen molar-refractivity contribution >= 4 is 5.97 Å². The Kier molecular flexibility index (Phi) is 7.02. The molecule has 1 N–H and O–H groups in total. The van der Waals surface area contributed by atoms with E-state index in [1.165, 1.54) is 12.7 Å². The zero-order chi connectivity index (χ0) is 16.7. The monoisotopic (exact) mass is 320 g/mol. The average Bonchev–Trinajstić information content (AvgIpc) is 2.61. The maximum absolute atomic E-state index is 11.5. The van der Waals surface area contributed by atoms with Gasteiger partial charge >= 0.3 is 5.97 Å². The number of benzene rings is 1. The van der Waals surface area contributed by atoms with Crippen LogP contribution < -0.4 is 5.48 Å². The number of rotatable bonds is 7. The number of hydrogen-bond acceptors (Lipinski definition) is 5. The third-order valence-corrected chi connectivity index (χ3v) is 4.45. The molecule has 0 aliphatic carbocycles. The number of esters is 1. The number of hydrogen-bond donors (Lipinski definition) is 1. The van der Waals surface area contributed by atoms with Crippen LogP contribution in [0, 0.1) is 0 Å². The predicted octanol–water partition coefficient (Wildman–Crippen LogP) is 2.93. The van der Waals surface area contributed by atoms with E-state index in [-0.39, 0.29) is 12.2 Å². The van der Waals surface area contributed by atoms with Gasteiger partial charge < -0.3 is 4.74 Å². The Labute approximate surface area is 138 Å². The number of hydroxylamine groups is 1. The molecule has 1 heterocycles. The van der Waals surface area contributed by atoms with Crippen LogP contribution >= 0.6 is 0 Å². The van der Waals surface area contributed by atoms with Crippen molar-refractivity contribution in [1.82, 2.24) is 10.4 Å². The van der Waals surface area contributed by atoms with Crippen LogP contribution in [-0.4, -0.2) is 43.8 Å². The van der Waals surface area contributed by atoms with Crippen molar-refractivity contribution in [2.75, 3.05) is 26.7 Å². The molecule has 23 heavy (non-hydrogen) atoms. The first-order chi connectivity index (χ1) is 11.2. The fraction of sp³-hybridized carbons (Fsp3) is 0.611. The van der Waals surface area contributed by atoms with Crippen molar-refractivity contribution in [3.05, 3.63) is 35.4 Å². The fourth-order valence-electron chi connectivity index (χ4n) is 2.96. The highest BCUT2D eigenvalue weighted by molar-refractivity contribution is 5.89. The molecule has 1 unspecified atom stereocenters. The zero-order valence-electron chi connectivity index (χ0n) is 14.4. The molecule has 5 heteroatoms. The highest BCUT2D eigenvalue weighted by atomic mass is 16.7. The SMILES string of the molecule is CCCNOC(C)N1CCC(c2ccc(C(=O)OC)cc2)CC1. The molecule has 128 valence electrons. The summed E-state index contributed by atoms with van der Waals surface area (Å²) in [6, 6.07) is 7.81. The Morgan fingerprint density at radius 1 is 1.30 bits per heavy atom. The van der Waals surface area contributed by atoms with Gasteiger partial charge in [0.15, 0.2) is 0 Å². The van der Waals surface area contributed by atoms with E-state index < -0.39 is 0 Å². The molecule has 0 radical (unpaired) electrons. The van der Waals surface area contributed by atoms with Crippen LogP contribution in [-0.2, 0) is 9.57 Å². The summed E-state index contributed by atoms with van der Waals surface area (Å²) in [6.07, 6.45) is 3.39. The molecule has 0 saturated carbocycles. The first-order valence-corrected chi connectivity index (χ1v) is 8.46. The lowest BCUT2D eigenvalue weighted by molar-refractivity contribution is -0.106. The van der Waals surface area contributed by atoms with Crippen molar-refractivity contribution in [2.24, 2.45) is 0 Å². The molecule has 1 aromatic carbocycles. The van der Waals surface area contributed by atoms with Gasteiger partial charge in [-0.3, -0.25) is 9.74 Å². The minimum Gasteiger partial charge on any atom is -0.465 e. The molecule has 1 saturated heterocycles. The van der Waals surface area contributed by atoms with E-state index in [1.807, 2.05) is 12.1 Å². The molecule has 0 bridgehead atoms. The summed E-state index contributed by atoms with van der Waals surface area (Å²) in [7, 11) is 1.41. The second-order valence-electron chi connectivity index (χ2n) is 6.04. The van der Waals surface area contributed by atoms with Gasteiger partial charge in [-0.05, 0) is 49.8 Å². The largest absolute Gasteiger partial charge is 0.465 e. The summed E-state index contributed by atoms with van der Waals surface area (Å²) in [5, 5.41) is 0. The van der Waals surface area contributed by atoms with Crippen LogP contribution in [0.5, 0.6) is 0 Å². The summed E-state index contributed by atoms with van der Waals surface area (Å²) < 4.78 is 4.74. The highest BCUT2D eigenvalue weighted by Crippen LogP contribution is 2.29. The molecule has 1 fully saturated rings. The van der Waals surface area contributed by atoms with Crippen LogP contribution in [0.1, 0.15) is 54.9 Å². The third kappa shape index (κ3) is 5.03. The summed E-state index contributed by atoms with van der Waals surface area (Å²) >= 11 is 0. The Morgan fingerprint density at radius 3 is 2.52 bits per heavy atom. The molecule has 1 aromatic rings. The Morgan fingerprint density at radius 2 is 1.96 bits per heavy atom. The van der Waals surface area contributed by atoms with Gasteiger partial charge in [0.05, 0.1) is 12.7 Å². The van der Waals surface area contributed by atoms with Gasteiger partial charge in [-0.15, -0.1) is 0 Å². The average molecular weight is 320 g/mol. The van der Waals surface area contributed by atoms with Crippen molar-refractivity contribution < 1.29 is 14.4 Å². The Bertz CT molecular complexity index is 482. The van der Waals surface area contributed by atoms with E-state index in [1.54, 1.807) is 0 Å². The topological polar surface area (TPSA) is 50.8 Å². The number of likely N-dealkylation sites (tertiary alicyclic amines) is 1. The lowest BCUT2D eigenvalue weighted by Gasteiger charge is -2.35. The second kappa shape index (κ2) is 9.01. The van der Waals surface area contributed by atoms with Gasteiger partial charge in [0, 0.05) is 19.6 Å². The number of ether oxygens (including phenoxy) is 1. The van der Waals surface area contributed by atoms with E-state index in [0.29, 0.717) is 11.5 Å². The zero-order valence-corrected chi connectivity index (χ0v) is 14.4. The summed E-state index contributed by atoms with van der Waals surface area (Å²) in [4.78, 5) is 19.5. The fourth-order valence-corrected chi connectivity index (χ4v) is 2.96. The van der Waals surface area contributed by atoms with Crippen LogP contribution in [0.3, 0.4) is 0 Å². The molecule has 0 aromatic heterocycles. The summed E-state index contributed by atoms with van der Waals surface area (Å²) in [5.41, 5.74) is 4.92. The lowest BCUT2D eigenvalue weighted by atomic mass is 9.89. The molecule has 0 amide bonds. The van der Waals surface area contributed by atoms with E-state index >= 15 is 0 Å². The molecule has 1 aliphatic rings. The molecule has 2 rings (SSSR count). The first-order valence-electron chi connectivity index (χ1n) is 8.46. The Hall–Kier alpha value is -1.43. The molecular formula is C18H28N2O3. The van der Waals surface area contributed by atoms with Gasteiger partial charge in [0.1, 0.15) is 6.23 Å². The van der Waals surface area contributed by atoms with Crippen molar-refractivity contribution in [3.8, 4) is 0 Å². The molecule has 0 spiro atoms. The van der Waals surface area contributed by atoms with E-state index in [4.69, 9.17) is 9.57 Å². The van der Waals surface area contributed by atoms with Crippen LogP contribution in [0.2, 0.25) is 0 Å². The van der Waals surface area contributed by atoms with Crippen LogP contribution in [0.25, 0.3) is 0 Å². The third-order valence-electron chi connectivity index (χ3n) is 4.45. The smallest absolute Gasteiger partial charge is 0.337 e. The van der Waals surface area contributed by atoms with Gasteiger partial charge in [-0.1, -0.05) is 19.1 Å². The lowest BCUT2D eigenvalue weighted by Crippen LogP contribution is -2.43. The number of carbonyl (C=O) groups excluding carboxylic acids is 1. The minimum absolute atomic E-state index is 0.101. The number of carbonyl (C=O) groups is 1. The molecule has 1 atom stereocenters. The number of methoxy groups -OCH3 is 1. The normalized spacial score (nSPS) is 17.9. The maximum Gasteiger partial charge on any atom is 0.337 e. The number of nitrogens with one attached hydrogen (secondary N) is 1. The summed E-state index contributed by atoms with van der Waals surface area (Å²) in [6.45, 7) is 7.15. The van der Waals surface area contributed by atoms with Gasteiger partial charge in [-0.25, -0.2) is 10.3 Å². The van der Waals surface area contributed by atoms with Crippen molar-refractivity contribution in [2.45, 2.75) is 45.3 Å². The van der Waals surface area contributed by atoms with Gasteiger partial charge in [0.25, 0.3) is 0 Å². The first kappa shape index (κ1) is 17.9. The highest BCUT2D eigenvalue weighted by Gasteiger charge is 2.24. The standard InChI is InChI=1S/C18H28N2O3/c1-4-11-19-23-14(2)20-12-9-16(10-13-20)15-5-7-17(8-6-15)18(21)22-3/h5-8,14,16,19H,4,9-13H2,1-3H3. The second-order valence-corrected chi connectivity index (χ2v) is 6.04. The minimum atomic E-state index is -0.281. The number of nitrogens with zero attached hydrogens (tertiary/aromatic N) is 1. The predicted molar refractivity (Wildman–Crippen MR) is 90.2 cm³/mol. The Balaban J connectivity index is 1.83.